The van der Waals surface area contributed by atoms with Gasteiger partial charge in [0.1, 0.15) is 5.54 Å². The molecule has 1 aliphatic rings. The summed E-state index contributed by atoms with van der Waals surface area (Å²) >= 11 is 1.48. The van der Waals surface area contributed by atoms with Gasteiger partial charge in [0.2, 0.25) is 0 Å². The Bertz CT molecular complexity index is 516. The van der Waals surface area contributed by atoms with Gasteiger partial charge in [0.15, 0.2) is 5.13 Å². The largest absolute Gasteiger partial charge is 0.362 e. The van der Waals surface area contributed by atoms with Gasteiger partial charge in [-0.05, 0) is 19.8 Å². The second-order valence-corrected chi connectivity index (χ2v) is 6.18. The number of rotatable bonds is 6. The number of nitrogens with zero attached hydrogens (tertiary/aromatic N) is 2. The van der Waals surface area contributed by atoms with E-state index in [4.69, 9.17) is 0 Å². The maximum Gasteiger partial charge on any atom is 0.325 e. The van der Waals surface area contributed by atoms with Gasteiger partial charge in [-0.3, -0.25) is 9.69 Å². The van der Waals surface area contributed by atoms with E-state index in [1.54, 1.807) is 13.1 Å². The van der Waals surface area contributed by atoms with Crippen LogP contribution in [0, 0.1) is 0 Å². The van der Waals surface area contributed by atoms with Crippen molar-refractivity contribution in [2.45, 2.75) is 45.7 Å². The highest BCUT2D eigenvalue weighted by atomic mass is 32.1. The maximum atomic E-state index is 12.3. The fourth-order valence-electron chi connectivity index (χ4n) is 1.98. The number of hydrogen-bond donors (Lipinski definition) is 2. The fraction of sp³-hybridized carbons (Fsp3) is 0.615. The molecule has 0 spiro atoms. The smallest absolute Gasteiger partial charge is 0.325 e. The van der Waals surface area contributed by atoms with Crippen molar-refractivity contribution in [3.05, 3.63) is 11.1 Å². The van der Waals surface area contributed by atoms with Crippen molar-refractivity contribution in [1.82, 2.24) is 15.2 Å². The molecule has 1 fully saturated rings. The third-order valence-electron chi connectivity index (χ3n) is 3.45. The van der Waals surface area contributed by atoms with Crippen molar-refractivity contribution in [3.8, 4) is 0 Å². The monoisotopic (exact) mass is 296 g/mol. The van der Waals surface area contributed by atoms with Crippen LogP contribution in [0.3, 0.4) is 0 Å². The molecule has 1 unspecified atom stereocenters. The topological polar surface area (TPSA) is 74.3 Å². The zero-order valence-electron chi connectivity index (χ0n) is 12.0. The molecule has 110 valence electrons. The molecule has 20 heavy (non-hydrogen) atoms. The molecule has 1 atom stereocenters. The van der Waals surface area contributed by atoms with E-state index in [9.17, 15) is 9.59 Å². The first-order chi connectivity index (χ1) is 9.50. The van der Waals surface area contributed by atoms with E-state index in [0.717, 1.165) is 23.0 Å². The van der Waals surface area contributed by atoms with Crippen LogP contribution in [-0.2, 0) is 11.3 Å². The Hall–Kier alpha value is -1.63. The third-order valence-corrected chi connectivity index (χ3v) is 4.39. The van der Waals surface area contributed by atoms with E-state index in [1.165, 1.54) is 16.2 Å². The average Bonchev–Trinajstić information content (AvgIpc) is 2.96. The fourth-order valence-corrected chi connectivity index (χ4v) is 2.81. The van der Waals surface area contributed by atoms with Crippen molar-refractivity contribution < 1.29 is 9.59 Å². The number of nitrogens with one attached hydrogen (secondary N) is 2. The van der Waals surface area contributed by atoms with Crippen LogP contribution in [0.5, 0.6) is 0 Å². The highest BCUT2D eigenvalue weighted by molar-refractivity contribution is 7.15. The molecule has 0 aliphatic carbocycles. The van der Waals surface area contributed by atoms with Crippen molar-refractivity contribution in [1.29, 1.82) is 0 Å². The Morgan fingerprint density at radius 2 is 2.20 bits per heavy atom. The third kappa shape index (κ3) is 2.77. The molecule has 1 aliphatic heterocycles. The second-order valence-electron chi connectivity index (χ2n) is 5.07. The summed E-state index contributed by atoms with van der Waals surface area (Å²) in [5.41, 5.74) is -0.773. The van der Waals surface area contributed by atoms with Crippen molar-refractivity contribution in [3.63, 3.8) is 0 Å². The number of carbonyl (C=O) groups is 2. The Morgan fingerprint density at radius 3 is 2.80 bits per heavy atom. The highest BCUT2D eigenvalue weighted by Crippen LogP contribution is 2.25. The molecule has 7 heteroatoms. The molecule has 2 rings (SSSR count). The predicted octanol–water partition coefficient (Wildman–Crippen LogP) is 2.19. The molecule has 1 aromatic rings. The molecule has 0 aromatic carbocycles. The van der Waals surface area contributed by atoms with E-state index < -0.39 is 5.54 Å². The zero-order valence-corrected chi connectivity index (χ0v) is 12.8. The number of carbonyl (C=O) groups excluding carboxylic acids is 2. The second kappa shape index (κ2) is 5.78. The summed E-state index contributed by atoms with van der Waals surface area (Å²) in [5.74, 6) is -0.165. The number of aromatic nitrogens is 1. The number of hydrogen-bond acceptors (Lipinski definition) is 5. The van der Waals surface area contributed by atoms with Gasteiger partial charge in [-0.1, -0.05) is 13.8 Å². The van der Waals surface area contributed by atoms with Crippen LogP contribution in [-0.4, -0.2) is 33.9 Å². The van der Waals surface area contributed by atoms with Gasteiger partial charge in [0, 0.05) is 17.6 Å². The lowest BCUT2D eigenvalue weighted by atomic mass is 9.99. The van der Waals surface area contributed by atoms with Crippen LogP contribution in [0.2, 0.25) is 0 Å². The van der Waals surface area contributed by atoms with E-state index in [-0.39, 0.29) is 18.5 Å². The van der Waals surface area contributed by atoms with Crippen LogP contribution < -0.4 is 10.6 Å². The first-order valence-electron chi connectivity index (χ1n) is 6.83. The standard InChI is InChI=1S/C13H20N4O2S/c1-4-6-14-11-15-7-9(20-11)8-17-10(18)13(3,5-2)16-12(17)19/h7H,4-6,8H2,1-3H3,(H,14,15)(H,16,19). The maximum absolute atomic E-state index is 12.3. The highest BCUT2D eigenvalue weighted by Gasteiger charge is 2.46. The Kier molecular flexibility index (Phi) is 4.27. The van der Waals surface area contributed by atoms with Gasteiger partial charge in [-0.2, -0.15) is 0 Å². The van der Waals surface area contributed by atoms with E-state index >= 15 is 0 Å². The predicted molar refractivity (Wildman–Crippen MR) is 78.7 cm³/mol. The normalized spacial score (nSPS) is 22.2. The summed E-state index contributed by atoms with van der Waals surface area (Å²) in [4.78, 5) is 30.6. The number of urea groups is 1. The van der Waals surface area contributed by atoms with E-state index in [0.29, 0.717) is 6.42 Å². The molecule has 2 N–H and O–H groups in total. The molecular weight excluding hydrogens is 276 g/mol. The summed E-state index contributed by atoms with van der Waals surface area (Å²) in [6, 6.07) is -0.323. The first-order valence-corrected chi connectivity index (χ1v) is 7.64. The van der Waals surface area contributed by atoms with Gasteiger partial charge in [-0.15, -0.1) is 11.3 Å². The molecule has 3 amide bonds. The number of amides is 3. The van der Waals surface area contributed by atoms with Crippen molar-refractivity contribution in [2.75, 3.05) is 11.9 Å². The lowest BCUT2D eigenvalue weighted by molar-refractivity contribution is -0.131. The average molecular weight is 296 g/mol. The van der Waals surface area contributed by atoms with Gasteiger partial charge in [0.25, 0.3) is 5.91 Å². The SMILES string of the molecule is CCCNc1ncc(CN2C(=O)NC(C)(CC)C2=O)s1. The van der Waals surface area contributed by atoms with Gasteiger partial charge in [-0.25, -0.2) is 9.78 Å². The molecule has 2 heterocycles. The van der Waals surface area contributed by atoms with Crippen LogP contribution in [0.1, 0.15) is 38.5 Å². The Balaban J connectivity index is 2.04. The molecule has 0 radical (unpaired) electrons. The molecule has 6 nitrogen and oxygen atoms in total. The first kappa shape index (κ1) is 14.8. The summed E-state index contributed by atoms with van der Waals surface area (Å²) in [7, 11) is 0. The van der Waals surface area contributed by atoms with Crippen LogP contribution in [0.4, 0.5) is 9.93 Å². The molecule has 0 bridgehead atoms. The van der Waals surface area contributed by atoms with E-state index in [2.05, 4.69) is 22.5 Å². The minimum Gasteiger partial charge on any atom is -0.362 e. The number of imide groups is 1. The molecular formula is C13H20N4O2S. The molecule has 1 saturated heterocycles. The number of anilines is 1. The Labute approximate surface area is 122 Å². The van der Waals surface area contributed by atoms with E-state index in [1.807, 2.05) is 6.92 Å². The van der Waals surface area contributed by atoms with Gasteiger partial charge < -0.3 is 10.6 Å². The minimum atomic E-state index is -0.773. The van der Waals surface area contributed by atoms with Crippen LogP contribution in [0.25, 0.3) is 0 Å². The lowest BCUT2D eigenvalue weighted by Crippen LogP contribution is -2.43. The minimum absolute atomic E-state index is 0.165. The van der Waals surface area contributed by atoms with Crippen molar-refractivity contribution in [2.24, 2.45) is 0 Å². The van der Waals surface area contributed by atoms with Crippen molar-refractivity contribution >= 4 is 28.4 Å². The Morgan fingerprint density at radius 1 is 1.45 bits per heavy atom. The zero-order chi connectivity index (χ0) is 14.8. The summed E-state index contributed by atoms with van der Waals surface area (Å²) in [5, 5.41) is 6.77. The number of thiazole rings is 1. The molecule has 1 aromatic heterocycles. The van der Waals surface area contributed by atoms with Crippen LogP contribution in [0.15, 0.2) is 6.20 Å². The van der Waals surface area contributed by atoms with Gasteiger partial charge >= 0.3 is 6.03 Å². The summed E-state index contributed by atoms with van der Waals surface area (Å²) in [6.07, 6.45) is 3.32. The molecule has 0 saturated carbocycles. The quantitative estimate of drug-likeness (QED) is 0.789. The summed E-state index contributed by atoms with van der Waals surface area (Å²) in [6.45, 7) is 6.88. The van der Waals surface area contributed by atoms with Crippen LogP contribution >= 0.6 is 11.3 Å². The summed E-state index contributed by atoms with van der Waals surface area (Å²) < 4.78 is 0. The van der Waals surface area contributed by atoms with Gasteiger partial charge in [0.05, 0.1) is 6.54 Å². The lowest BCUT2D eigenvalue weighted by Gasteiger charge is -2.18.